The van der Waals surface area contributed by atoms with Gasteiger partial charge in [-0.05, 0) is 19.8 Å². The quantitative estimate of drug-likeness (QED) is 0.809. The first-order chi connectivity index (χ1) is 9.90. The number of aromatic nitrogens is 1. The number of hydrogen-bond acceptors (Lipinski definition) is 5. The van der Waals surface area contributed by atoms with Crippen molar-refractivity contribution in [2.75, 3.05) is 19.6 Å². The summed E-state index contributed by atoms with van der Waals surface area (Å²) >= 11 is 1.29. The molecule has 1 saturated heterocycles. The van der Waals surface area contributed by atoms with Crippen molar-refractivity contribution in [1.29, 1.82) is 0 Å². The predicted octanol–water partition coefficient (Wildman–Crippen LogP) is 1.01. The van der Waals surface area contributed by atoms with Crippen molar-refractivity contribution >= 4 is 27.5 Å². The zero-order chi connectivity index (χ0) is 15.5. The van der Waals surface area contributed by atoms with Crippen molar-refractivity contribution in [2.24, 2.45) is 0 Å². The zero-order valence-corrected chi connectivity index (χ0v) is 13.5. The molecule has 118 valence electrons. The highest BCUT2D eigenvalue weighted by Crippen LogP contribution is 2.18. The molecule has 0 amide bonds. The molecule has 1 aliphatic rings. The minimum absolute atomic E-state index is 0.0499. The summed E-state index contributed by atoms with van der Waals surface area (Å²) in [5, 5.41) is 9.56. The van der Waals surface area contributed by atoms with Gasteiger partial charge in [-0.3, -0.25) is 0 Å². The SMILES string of the molecule is Cc1sc(CCNS(=O)(=O)N2CCCCC2)nc1C(=O)O. The Bertz CT molecular complexity index is 606. The van der Waals surface area contributed by atoms with E-state index in [9.17, 15) is 13.2 Å². The van der Waals surface area contributed by atoms with Gasteiger partial charge in [-0.15, -0.1) is 11.3 Å². The van der Waals surface area contributed by atoms with Gasteiger partial charge in [-0.2, -0.15) is 12.7 Å². The Labute approximate surface area is 128 Å². The van der Waals surface area contributed by atoms with Gasteiger partial charge in [0.25, 0.3) is 10.2 Å². The molecular weight excluding hydrogens is 314 g/mol. The number of aryl methyl sites for hydroxylation is 1. The molecule has 0 unspecified atom stereocenters. The number of carboxylic acids is 1. The molecule has 7 nitrogen and oxygen atoms in total. The lowest BCUT2D eigenvalue weighted by Gasteiger charge is -2.25. The number of nitrogens with one attached hydrogen (secondary N) is 1. The Morgan fingerprint density at radius 2 is 2.05 bits per heavy atom. The summed E-state index contributed by atoms with van der Waals surface area (Å²) < 4.78 is 28.1. The summed E-state index contributed by atoms with van der Waals surface area (Å²) in [7, 11) is -3.43. The molecule has 0 aromatic carbocycles. The Balaban J connectivity index is 1.88. The van der Waals surface area contributed by atoms with Gasteiger partial charge < -0.3 is 5.11 Å². The fourth-order valence-electron chi connectivity index (χ4n) is 2.24. The highest BCUT2D eigenvalue weighted by atomic mass is 32.2. The highest BCUT2D eigenvalue weighted by molar-refractivity contribution is 7.87. The average molecular weight is 333 g/mol. The van der Waals surface area contributed by atoms with Gasteiger partial charge in [0.15, 0.2) is 5.69 Å². The maximum Gasteiger partial charge on any atom is 0.355 e. The van der Waals surface area contributed by atoms with E-state index < -0.39 is 16.2 Å². The van der Waals surface area contributed by atoms with Crippen LogP contribution in [0.4, 0.5) is 0 Å². The van der Waals surface area contributed by atoms with E-state index in [-0.39, 0.29) is 12.2 Å². The third-order valence-corrected chi connectivity index (χ3v) is 5.97. The van der Waals surface area contributed by atoms with Crippen LogP contribution in [0.25, 0.3) is 0 Å². The van der Waals surface area contributed by atoms with Crippen molar-refractivity contribution < 1.29 is 18.3 Å². The molecular formula is C12H19N3O4S2. The van der Waals surface area contributed by atoms with Gasteiger partial charge in [-0.25, -0.2) is 14.5 Å². The van der Waals surface area contributed by atoms with Gasteiger partial charge in [0.1, 0.15) is 0 Å². The molecule has 1 aromatic heterocycles. The maximum atomic E-state index is 12.1. The van der Waals surface area contributed by atoms with Gasteiger partial charge in [0, 0.05) is 30.9 Å². The summed E-state index contributed by atoms with van der Waals surface area (Å²) in [6.45, 7) is 3.05. The summed E-state index contributed by atoms with van der Waals surface area (Å²) in [4.78, 5) is 15.5. The molecule has 0 spiro atoms. The standard InChI is InChI=1S/C12H19N3O4S2/c1-9-11(12(16)17)14-10(20-9)5-6-13-21(18,19)15-7-3-2-4-8-15/h13H,2-8H2,1H3,(H,16,17). The predicted molar refractivity (Wildman–Crippen MR) is 79.9 cm³/mol. The maximum absolute atomic E-state index is 12.1. The van der Waals surface area contributed by atoms with Crippen LogP contribution in [-0.2, 0) is 16.6 Å². The van der Waals surface area contributed by atoms with Crippen LogP contribution in [-0.4, -0.2) is 48.4 Å². The van der Waals surface area contributed by atoms with Crippen LogP contribution in [0, 0.1) is 6.92 Å². The Hall–Kier alpha value is -1.03. The molecule has 9 heteroatoms. The second kappa shape index (κ2) is 6.82. The first-order valence-electron chi connectivity index (χ1n) is 6.84. The first kappa shape index (κ1) is 16.3. The molecule has 1 fully saturated rings. The number of hydrogen-bond donors (Lipinski definition) is 2. The normalized spacial score (nSPS) is 17.0. The molecule has 0 bridgehead atoms. The number of carboxylic acid groups (broad SMARTS) is 1. The Morgan fingerprint density at radius 1 is 1.38 bits per heavy atom. The molecule has 0 aliphatic carbocycles. The minimum atomic E-state index is -3.43. The van der Waals surface area contributed by atoms with Crippen molar-refractivity contribution in [1.82, 2.24) is 14.0 Å². The van der Waals surface area contributed by atoms with Crippen LogP contribution in [0.3, 0.4) is 0 Å². The number of aromatic carboxylic acids is 1. The van der Waals surface area contributed by atoms with Crippen molar-refractivity contribution in [3.63, 3.8) is 0 Å². The van der Waals surface area contributed by atoms with Gasteiger partial charge in [-0.1, -0.05) is 6.42 Å². The van der Waals surface area contributed by atoms with E-state index in [2.05, 4.69) is 9.71 Å². The molecule has 2 N–H and O–H groups in total. The lowest BCUT2D eigenvalue weighted by atomic mass is 10.2. The van der Waals surface area contributed by atoms with Crippen LogP contribution in [0.5, 0.6) is 0 Å². The highest BCUT2D eigenvalue weighted by Gasteiger charge is 2.23. The van der Waals surface area contributed by atoms with Crippen LogP contribution in [0.15, 0.2) is 0 Å². The van der Waals surface area contributed by atoms with Gasteiger partial charge in [0.05, 0.1) is 5.01 Å². The monoisotopic (exact) mass is 333 g/mol. The molecule has 0 radical (unpaired) electrons. The largest absolute Gasteiger partial charge is 0.476 e. The third-order valence-electron chi connectivity index (χ3n) is 3.32. The molecule has 2 rings (SSSR count). The molecule has 0 atom stereocenters. The van der Waals surface area contributed by atoms with E-state index in [1.807, 2.05) is 0 Å². The lowest BCUT2D eigenvalue weighted by Crippen LogP contribution is -2.43. The third kappa shape index (κ3) is 4.22. The second-order valence-electron chi connectivity index (χ2n) is 4.93. The molecule has 0 saturated carbocycles. The van der Waals surface area contributed by atoms with E-state index in [1.54, 1.807) is 6.92 Å². The van der Waals surface area contributed by atoms with Crippen LogP contribution < -0.4 is 4.72 Å². The fourth-order valence-corrected chi connectivity index (χ4v) is 4.45. The van der Waals surface area contributed by atoms with E-state index >= 15 is 0 Å². The summed E-state index contributed by atoms with van der Waals surface area (Å²) in [5.41, 5.74) is 0.0499. The number of rotatable bonds is 6. The van der Waals surface area contributed by atoms with E-state index in [0.717, 1.165) is 19.3 Å². The summed E-state index contributed by atoms with van der Waals surface area (Å²) in [6, 6.07) is 0. The zero-order valence-electron chi connectivity index (χ0n) is 11.8. The summed E-state index contributed by atoms with van der Waals surface area (Å²) in [5.74, 6) is -1.05. The molecule has 1 aromatic rings. The molecule has 2 heterocycles. The van der Waals surface area contributed by atoms with Crippen LogP contribution in [0.2, 0.25) is 0 Å². The lowest BCUT2D eigenvalue weighted by molar-refractivity contribution is 0.0690. The Morgan fingerprint density at radius 3 is 2.62 bits per heavy atom. The number of nitrogens with zero attached hydrogens (tertiary/aromatic N) is 2. The summed E-state index contributed by atoms with van der Waals surface area (Å²) in [6.07, 6.45) is 3.26. The molecule has 21 heavy (non-hydrogen) atoms. The van der Waals surface area contributed by atoms with Crippen molar-refractivity contribution in [2.45, 2.75) is 32.6 Å². The Kier molecular flexibility index (Phi) is 5.31. The molecule has 1 aliphatic heterocycles. The van der Waals surface area contributed by atoms with Crippen molar-refractivity contribution in [3.8, 4) is 0 Å². The fraction of sp³-hybridized carbons (Fsp3) is 0.667. The number of piperidine rings is 1. The first-order valence-corrected chi connectivity index (χ1v) is 9.10. The second-order valence-corrected chi connectivity index (χ2v) is 7.97. The van der Waals surface area contributed by atoms with E-state index in [1.165, 1.54) is 15.6 Å². The van der Waals surface area contributed by atoms with E-state index in [0.29, 0.717) is 29.4 Å². The van der Waals surface area contributed by atoms with Crippen LogP contribution >= 0.6 is 11.3 Å². The topological polar surface area (TPSA) is 99.6 Å². The van der Waals surface area contributed by atoms with Gasteiger partial charge in [0.2, 0.25) is 0 Å². The number of thiazole rings is 1. The van der Waals surface area contributed by atoms with E-state index in [4.69, 9.17) is 5.11 Å². The van der Waals surface area contributed by atoms with Crippen molar-refractivity contribution in [3.05, 3.63) is 15.6 Å². The smallest absolute Gasteiger partial charge is 0.355 e. The van der Waals surface area contributed by atoms with Gasteiger partial charge >= 0.3 is 5.97 Å². The minimum Gasteiger partial charge on any atom is -0.476 e. The number of carbonyl (C=O) groups is 1. The average Bonchev–Trinajstić information content (AvgIpc) is 2.81. The van der Waals surface area contributed by atoms with Crippen LogP contribution in [0.1, 0.15) is 39.6 Å².